The molecule has 5 rings (SSSR count). The van der Waals surface area contributed by atoms with Gasteiger partial charge in [0.25, 0.3) is 0 Å². The third-order valence-electron chi connectivity index (χ3n) is 11.4. The molecule has 0 radical (unpaired) electrons. The molecule has 3 aromatic carbocycles. The number of rotatable bonds is 22. The molecular formula is C46H65ClN2O5. The van der Waals surface area contributed by atoms with Crippen LogP contribution in [0.5, 0.6) is 0 Å². The van der Waals surface area contributed by atoms with Crippen molar-refractivity contribution in [3.63, 3.8) is 0 Å². The molecule has 7 nitrogen and oxygen atoms in total. The molecule has 2 heterocycles. The van der Waals surface area contributed by atoms with Crippen LogP contribution in [0.3, 0.4) is 0 Å². The summed E-state index contributed by atoms with van der Waals surface area (Å²) in [5.74, 6) is 0.114. The van der Waals surface area contributed by atoms with E-state index in [9.17, 15) is 15.0 Å². The van der Waals surface area contributed by atoms with Gasteiger partial charge in [0.2, 0.25) is 5.91 Å². The topological polar surface area (TPSA) is 91.3 Å². The molecule has 2 fully saturated rings. The first-order valence-electron chi connectivity index (χ1n) is 20.9. The number of aliphatic hydroxyl groups excluding tert-OH is 1. The van der Waals surface area contributed by atoms with Crippen LogP contribution in [-0.2, 0) is 33.0 Å². The molecule has 0 spiro atoms. The lowest BCUT2D eigenvalue weighted by Gasteiger charge is -2.42. The van der Waals surface area contributed by atoms with Gasteiger partial charge in [0.15, 0.2) is 6.29 Å². The highest BCUT2D eigenvalue weighted by Crippen LogP contribution is 2.39. The second-order valence-electron chi connectivity index (χ2n) is 15.7. The Balaban J connectivity index is 1.06. The minimum Gasteiger partial charge on any atom is -0.392 e. The van der Waals surface area contributed by atoms with Gasteiger partial charge in [0, 0.05) is 49.6 Å². The fourth-order valence-electron chi connectivity index (χ4n) is 7.86. The van der Waals surface area contributed by atoms with Crippen LogP contribution in [0.4, 0.5) is 0 Å². The summed E-state index contributed by atoms with van der Waals surface area (Å²) in [7, 11) is 0. The van der Waals surface area contributed by atoms with Gasteiger partial charge in [-0.05, 0) is 53.6 Å². The van der Waals surface area contributed by atoms with Gasteiger partial charge in [-0.25, -0.2) is 0 Å². The first kappa shape index (κ1) is 42.4. The molecule has 1 unspecified atom stereocenters. The number of hydrogen-bond donors (Lipinski definition) is 3. The lowest BCUT2D eigenvalue weighted by Crippen LogP contribution is -2.46. The molecule has 2 saturated heterocycles. The van der Waals surface area contributed by atoms with E-state index in [1.807, 2.05) is 72.8 Å². The van der Waals surface area contributed by atoms with Crippen molar-refractivity contribution in [1.29, 1.82) is 0 Å². The van der Waals surface area contributed by atoms with Crippen molar-refractivity contribution < 1.29 is 24.5 Å². The lowest BCUT2D eigenvalue weighted by atomic mass is 9.84. The van der Waals surface area contributed by atoms with E-state index in [1.54, 1.807) is 0 Å². The van der Waals surface area contributed by atoms with E-state index >= 15 is 0 Å². The fraction of sp³-hybridized carbons (Fsp3) is 0.587. The Labute approximate surface area is 329 Å². The highest BCUT2D eigenvalue weighted by atomic mass is 35.5. The summed E-state index contributed by atoms with van der Waals surface area (Å²) in [6, 6.07) is 23.7. The highest BCUT2D eigenvalue weighted by Gasteiger charge is 2.37. The molecule has 0 aromatic heterocycles. The summed E-state index contributed by atoms with van der Waals surface area (Å²) >= 11 is 6.10. The van der Waals surface area contributed by atoms with Crippen LogP contribution < -0.4 is 5.32 Å². The number of benzene rings is 3. The summed E-state index contributed by atoms with van der Waals surface area (Å²) < 4.78 is 13.2. The van der Waals surface area contributed by atoms with Crippen molar-refractivity contribution in [1.82, 2.24) is 10.2 Å². The van der Waals surface area contributed by atoms with Crippen molar-refractivity contribution in [2.24, 2.45) is 0 Å². The van der Waals surface area contributed by atoms with Gasteiger partial charge in [0.05, 0.1) is 24.4 Å². The third kappa shape index (κ3) is 13.8. The van der Waals surface area contributed by atoms with Crippen LogP contribution in [0, 0.1) is 0 Å². The zero-order valence-corrected chi connectivity index (χ0v) is 33.4. The number of likely N-dealkylation sites (tertiary alicyclic amines) is 1. The number of aliphatic hydroxyl groups is 2. The minimum absolute atomic E-state index is 0.00371. The molecule has 3 atom stereocenters. The average molecular weight is 761 g/mol. The smallest absolute Gasteiger partial charge is 0.220 e. The van der Waals surface area contributed by atoms with Gasteiger partial charge < -0.3 is 29.9 Å². The van der Waals surface area contributed by atoms with Crippen molar-refractivity contribution in [3.05, 3.63) is 106 Å². The van der Waals surface area contributed by atoms with Crippen LogP contribution in [0.2, 0.25) is 5.02 Å². The van der Waals surface area contributed by atoms with E-state index in [2.05, 4.69) is 17.1 Å². The van der Waals surface area contributed by atoms with Gasteiger partial charge in [0.1, 0.15) is 0 Å². The van der Waals surface area contributed by atoms with Crippen molar-refractivity contribution in [2.45, 2.75) is 153 Å². The van der Waals surface area contributed by atoms with Crippen molar-refractivity contribution >= 4 is 17.5 Å². The number of carbonyl (C=O) groups is 1. The number of nitrogens with one attached hydrogen (secondary N) is 1. The standard InChI is InChI=1S/C46H65ClN2O5/c1-2-3-4-5-6-7-8-9-10-11-12-13-14-15-44(51)48-33-36-16-22-39(23-17-36)45-53-42(32-43(54-45)38-20-18-37(35-50)19-21-38)34-49-30-28-46(52,29-31-49)40-24-26-41(47)27-25-40/h16-27,42-43,45,50,52H,2-15,28-35H2,1H3,(H,48,51)/t42-,43+,45?/m0/s1. The van der Waals surface area contributed by atoms with E-state index in [1.165, 1.54) is 70.6 Å². The van der Waals surface area contributed by atoms with Crippen LogP contribution in [0.25, 0.3) is 0 Å². The summed E-state index contributed by atoms with van der Waals surface area (Å²) in [4.78, 5) is 15.0. The molecule has 3 N–H and O–H groups in total. The number of amides is 1. The van der Waals surface area contributed by atoms with E-state index in [0.29, 0.717) is 37.3 Å². The fourth-order valence-corrected chi connectivity index (χ4v) is 7.99. The quantitative estimate of drug-likeness (QED) is 0.0884. The molecule has 0 saturated carbocycles. The highest BCUT2D eigenvalue weighted by molar-refractivity contribution is 6.30. The molecule has 2 aliphatic rings. The van der Waals surface area contributed by atoms with Gasteiger partial charge in [-0.1, -0.05) is 156 Å². The maximum absolute atomic E-state index is 12.6. The van der Waals surface area contributed by atoms with Crippen LogP contribution in [-0.4, -0.2) is 46.8 Å². The first-order chi connectivity index (χ1) is 26.3. The maximum atomic E-state index is 12.6. The first-order valence-corrected chi connectivity index (χ1v) is 21.3. The molecule has 1 amide bonds. The minimum atomic E-state index is -0.857. The summed E-state index contributed by atoms with van der Waals surface area (Å²) in [6.07, 6.45) is 18.7. The number of carbonyl (C=O) groups excluding carboxylic acids is 1. The molecule has 296 valence electrons. The van der Waals surface area contributed by atoms with Crippen LogP contribution in [0.15, 0.2) is 72.8 Å². The number of unbranched alkanes of at least 4 members (excludes halogenated alkanes) is 12. The Morgan fingerprint density at radius 1 is 0.759 bits per heavy atom. The number of piperidine rings is 1. The monoisotopic (exact) mass is 760 g/mol. The predicted octanol–water partition coefficient (Wildman–Crippen LogP) is 10.5. The second kappa shape index (κ2) is 22.7. The second-order valence-corrected chi connectivity index (χ2v) is 16.1. The molecule has 8 heteroatoms. The van der Waals surface area contributed by atoms with E-state index < -0.39 is 11.9 Å². The van der Waals surface area contributed by atoms with Gasteiger partial charge in [-0.3, -0.25) is 4.79 Å². The van der Waals surface area contributed by atoms with Gasteiger partial charge >= 0.3 is 0 Å². The Morgan fingerprint density at radius 3 is 1.91 bits per heavy atom. The van der Waals surface area contributed by atoms with Crippen molar-refractivity contribution in [2.75, 3.05) is 19.6 Å². The number of ether oxygens (including phenoxy) is 2. The summed E-state index contributed by atoms with van der Waals surface area (Å²) in [5, 5.41) is 24.8. The third-order valence-corrected chi connectivity index (χ3v) is 11.6. The number of halogens is 1. The molecule has 0 bridgehead atoms. The van der Waals surface area contributed by atoms with E-state index in [4.69, 9.17) is 21.1 Å². The molecule has 0 aliphatic carbocycles. The predicted molar refractivity (Wildman–Crippen MR) is 218 cm³/mol. The van der Waals surface area contributed by atoms with E-state index in [0.717, 1.165) is 60.3 Å². The molecule has 54 heavy (non-hydrogen) atoms. The number of nitrogens with zero attached hydrogens (tertiary/aromatic N) is 1. The van der Waals surface area contributed by atoms with Crippen LogP contribution >= 0.6 is 11.6 Å². The number of hydrogen-bond acceptors (Lipinski definition) is 6. The average Bonchev–Trinajstić information content (AvgIpc) is 3.20. The Bertz CT molecular complexity index is 1490. The zero-order valence-electron chi connectivity index (χ0n) is 32.7. The van der Waals surface area contributed by atoms with Gasteiger partial charge in [-0.15, -0.1) is 0 Å². The van der Waals surface area contributed by atoms with Gasteiger partial charge in [-0.2, -0.15) is 0 Å². The van der Waals surface area contributed by atoms with Crippen LogP contribution in [0.1, 0.15) is 156 Å². The Morgan fingerprint density at radius 2 is 1.31 bits per heavy atom. The zero-order chi connectivity index (χ0) is 38.0. The maximum Gasteiger partial charge on any atom is 0.220 e. The van der Waals surface area contributed by atoms with Crippen molar-refractivity contribution in [3.8, 4) is 0 Å². The molecule has 3 aromatic rings. The largest absolute Gasteiger partial charge is 0.392 e. The molecular weight excluding hydrogens is 696 g/mol. The molecule has 2 aliphatic heterocycles. The summed E-state index contributed by atoms with van der Waals surface area (Å²) in [6.45, 7) is 5.05. The SMILES string of the molecule is CCCCCCCCCCCCCCCC(=O)NCc1ccc(C2O[C@H](CN3CCC(O)(c4ccc(Cl)cc4)CC3)C[C@H](c3ccc(CO)cc3)O2)cc1. The summed E-state index contributed by atoms with van der Waals surface area (Å²) in [5.41, 5.74) is 3.97. The Hall–Kier alpha value is -2.78. The van der Waals surface area contributed by atoms with E-state index in [-0.39, 0.29) is 24.7 Å². The lowest BCUT2D eigenvalue weighted by molar-refractivity contribution is -0.253. The normalized spacial score (nSPS) is 20.2. The Kier molecular flexibility index (Phi) is 17.8.